The van der Waals surface area contributed by atoms with Gasteiger partial charge in [-0.2, -0.15) is 0 Å². The maximum absolute atomic E-state index is 5.93. The van der Waals surface area contributed by atoms with E-state index < -0.39 is 0 Å². The van der Waals surface area contributed by atoms with Crippen molar-refractivity contribution in [3.63, 3.8) is 0 Å². The molecular formula is C18H25IN4O. The summed E-state index contributed by atoms with van der Waals surface area (Å²) in [5.74, 6) is 0.415. The Balaban J connectivity index is 0.00000288. The Morgan fingerprint density at radius 1 is 1.12 bits per heavy atom. The average Bonchev–Trinajstić information content (AvgIpc) is 2.54. The summed E-state index contributed by atoms with van der Waals surface area (Å²) in [4.78, 5) is 4.37. The Morgan fingerprint density at radius 3 is 2.54 bits per heavy atom. The van der Waals surface area contributed by atoms with Crippen molar-refractivity contribution in [1.29, 1.82) is 0 Å². The largest absolute Gasteiger partial charge is 0.383 e. The van der Waals surface area contributed by atoms with Gasteiger partial charge in [-0.3, -0.25) is 0 Å². The van der Waals surface area contributed by atoms with Crippen molar-refractivity contribution in [1.82, 2.24) is 0 Å². The molecule has 5 nitrogen and oxygen atoms in total. The van der Waals surface area contributed by atoms with Crippen LogP contribution in [0.5, 0.6) is 0 Å². The van der Waals surface area contributed by atoms with Crippen molar-refractivity contribution >= 4 is 41.3 Å². The summed E-state index contributed by atoms with van der Waals surface area (Å²) in [5.41, 5.74) is 10.2. The van der Waals surface area contributed by atoms with Gasteiger partial charge >= 0.3 is 0 Å². The highest BCUT2D eigenvalue weighted by Crippen LogP contribution is 2.11. The third-order valence-electron chi connectivity index (χ3n) is 3.31. The van der Waals surface area contributed by atoms with Gasteiger partial charge in [-0.05, 0) is 42.3 Å². The number of guanidine groups is 1. The maximum Gasteiger partial charge on any atom is 0.193 e. The van der Waals surface area contributed by atoms with Gasteiger partial charge in [-0.1, -0.05) is 24.3 Å². The smallest absolute Gasteiger partial charge is 0.193 e. The predicted octanol–water partition coefficient (Wildman–Crippen LogP) is 3.60. The van der Waals surface area contributed by atoms with Gasteiger partial charge < -0.3 is 21.1 Å². The molecule has 0 saturated carbocycles. The molecule has 4 N–H and O–H groups in total. The molecule has 130 valence electrons. The number of benzene rings is 2. The standard InChI is InChI=1S/C18H24N4O.HI/c1-14-4-3-5-17(12-14)22-18(19)21-13-15-6-8-16(9-7-15)20-10-11-23-2;/h3-9,12,20H,10-11,13H2,1-2H3,(H3,19,21,22);1H. The minimum atomic E-state index is 0. The number of ether oxygens (including phenoxy) is 1. The SMILES string of the molecule is COCCNc1ccc(CN=C(N)Nc2cccc(C)c2)cc1.I. The number of rotatable bonds is 7. The van der Waals surface area contributed by atoms with Crippen LogP contribution in [0.15, 0.2) is 53.5 Å². The second-order valence-electron chi connectivity index (χ2n) is 5.31. The lowest BCUT2D eigenvalue weighted by atomic mass is 10.2. The number of methoxy groups -OCH3 is 1. The minimum absolute atomic E-state index is 0. The number of nitrogens with two attached hydrogens (primary N) is 1. The molecule has 0 unspecified atom stereocenters. The molecule has 2 aromatic carbocycles. The highest BCUT2D eigenvalue weighted by atomic mass is 127. The van der Waals surface area contributed by atoms with Crippen LogP contribution >= 0.6 is 24.0 Å². The van der Waals surface area contributed by atoms with Gasteiger partial charge in [0, 0.05) is 25.0 Å². The Kier molecular flexibility index (Phi) is 9.18. The molecule has 0 radical (unpaired) electrons. The van der Waals surface area contributed by atoms with E-state index in [4.69, 9.17) is 10.5 Å². The molecule has 24 heavy (non-hydrogen) atoms. The molecule has 0 aromatic heterocycles. The fourth-order valence-corrected chi connectivity index (χ4v) is 2.11. The van der Waals surface area contributed by atoms with Crippen LogP contribution in [-0.4, -0.2) is 26.2 Å². The van der Waals surface area contributed by atoms with E-state index in [0.29, 0.717) is 19.1 Å². The zero-order valence-corrected chi connectivity index (χ0v) is 16.4. The number of anilines is 2. The van der Waals surface area contributed by atoms with Crippen LogP contribution in [0.25, 0.3) is 0 Å². The van der Waals surface area contributed by atoms with Crippen molar-refractivity contribution in [2.45, 2.75) is 13.5 Å². The summed E-state index contributed by atoms with van der Waals surface area (Å²) in [6, 6.07) is 16.2. The summed E-state index contributed by atoms with van der Waals surface area (Å²) in [6.45, 7) is 4.07. The molecule has 0 heterocycles. The van der Waals surface area contributed by atoms with E-state index in [1.54, 1.807) is 7.11 Å². The number of aliphatic imine (C=N–C) groups is 1. The van der Waals surface area contributed by atoms with Crippen LogP contribution in [0.1, 0.15) is 11.1 Å². The second-order valence-corrected chi connectivity index (χ2v) is 5.31. The molecule has 0 aliphatic carbocycles. The van der Waals surface area contributed by atoms with E-state index in [1.165, 1.54) is 5.56 Å². The second kappa shape index (κ2) is 10.9. The van der Waals surface area contributed by atoms with Crippen LogP contribution in [0.2, 0.25) is 0 Å². The van der Waals surface area contributed by atoms with E-state index in [1.807, 2.05) is 55.5 Å². The summed E-state index contributed by atoms with van der Waals surface area (Å²) in [7, 11) is 1.69. The molecule has 2 aromatic rings. The van der Waals surface area contributed by atoms with Gasteiger partial charge in [0.05, 0.1) is 13.2 Å². The van der Waals surface area contributed by atoms with Gasteiger partial charge in [-0.15, -0.1) is 24.0 Å². The minimum Gasteiger partial charge on any atom is -0.383 e. The lowest BCUT2D eigenvalue weighted by Crippen LogP contribution is -2.22. The number of aryl methyl sites for hydroxylation is 1. The van der Waals surface area contributed by atoms with Crippen LogP contribution in [0.4, 0.5) is 11.4 Å². The number of hydrogen-bond acceptors (Lipinski definition) is 3. The lowest BCUT2D eigenvalue weighted by Gasteiger charge is -2.07. The topological polar surface area (TPSA) is 71.7 Å². The van der Waals surface area contributed by atoms with Gasteiger partial charge in [0.2, 0.25) is 0 Å². The first-order valence-electron chi connectivity index (χ1n) is 7.63. The van der Waals surface area contributed by atoms with Crippen LogP contribution < -0.4 is 16.4 Å². The van der Waals surface area contributed by atoms with Crippen LogP contribution in [-0.2, 0) is 11.3 Å². The number of nitrogens with zero attached hydrogens (tertiary/aromatic N) is 1. The molecule has 0 fully saturated rings. The summed E-state index contributed by atoms with van der Waals surface area (Å²) in [5, 5.41) is 6.38. The van der Waals surface area contributed by atoms with Gasteiger partial charge in [0.15, 0.2) is 5.96 Å². The Hall–Kier alpha value is -1.80. The fourth-order valence-electron chi connectivity index (χ4n) is 2.11. The maximum atomic E-state index is 5.93. The molecule has 0 saturated heterocycles. The predicted molar refractivity (Wildman–Crippen MR) is 112 cm³/mol. The van der Waals surface area contributed by atoms with Crippen molar-refractivity contribution in [2.24, 2.45) is 10.7 Å². The molecule has 6 heteroatoms. The van der Waals surface area contributed by atoms with E-state index >= 15 is 0 Å². The highest BCUT2D eigenvalue weighted by molar-refractivity contribution is 14.0. The molecule has 0 bridgehead atoms. The van der Waals surface area contributed by atoms with Crippen molar-refractivity contribution in [3.05, 3.63) is 59.7 Å². The third-order valence-corrected chi connectivity index (χ3v) is 3.31. The number of hydrogen-bond donors (Lipinski definition) is 3. The van der Waals surface area contributed by atoms with Crippen LogP contribution in [0, 0.1) is 6.92 Å². The molecular weight excluding hydrogens is 415 g/mol. The molecule has 0 amide bonds. The van der Waals surface area contributed by atoms with Gasteiger partial charge in [0.1, 0.15) is 0 Å². The fraction of sp³-hybridized carbons (Fsp3) is 0.278. The van der Waals surface area contributed by atoms with Crippen molar-refractivity contribution in [2.75, 3.05) is 30.9 Å². The first-order chi connectivity index (χ1) is 11.2. The summed E-state index contributed by atoms with van der Waals surface area (Å²) in [6.07, 6.45) is 0. The normalized spacial score (nSPS) is 10.8. The lowest BCUT2D eigenvalue weighted by molar-refractivity contribution is 0.211. The summed E-state index contributed by atoms with van der Waals surface area (Å²) >= 11 is 0. The van der Waals surface area contributed by atoms with Crippen molar-refractivity contribution < 1.29 is 4.74 Å². The zero-order valence-electron chi connectivity index (χ0n) is 14.1. The quantitative estimate of drug-likeness (QED) is 0.266. The van der Waals surface area contributed by atoms with E-state index in [2.05, 4.69) is 15.6 Å². The molecule has 0 atom stereocenters. The summed E-state index contributed by atoms with van der Waals surface area (Å²) < 4.78 is 5.01. The number of nitrogens with one attached hydrogen (secondary N) is 2. The van der Waals surface area contributed by atoms with Crippen molar-refractivity contribution in [3.8, 4) is 0 Å². The van der Waals surface area contributed by atoms with Gasteiger partial charge in [0.25, 0.3) is 0 Å². The first-order valence-corrected chi connectivity index (χ1v) is 7.63. The van der Waals surface area contributed by atoms with E-state index in [-0.39, 0.29) is 24.0 Å². The third kappa shape index (κ3) is 7.18. The Morgan fingerprint density at radius 2 is 1.88 bits per heavy atom. The molecule has 0 aliphatic rings. The molecule has 2 rings (SSSR count). The highest BCUT2D eigenvalue weighted by Gasteiger charge is 1.97. The van der Waals surface area contributed by atoms with Crippen LogP contribution in [0.3, 0.4) is 0 Å². The average molecular weight is 440 g/mol. The number of halogens is 1. The zero-order chi connectivity index (χ0) is 16.5. The van der Waals surface area contributed by atoms with Gasteiger partial charge in [-0.25, -0.2) is 4.99 Å². The monoisotopic (exact) mass is 440 g/mol. The molecule has 0 spiro atoms. The Bertz CT molecular complexity index is 644. The van der Waals surface area contributed by atoms with E-state index in [0.717, 1.165) is 23.5 Å². The first kappa shape index (κ1) is 20.2. The van der Waals surface area contributed by atoms with E-state index in [9.17, 15) is 0 Å². The Labute approximate surface area is 160 Å². The molecule has 0 aliphatic heterocycles.